The lowest BCUT2D eigenvalue weighted by Gasteiger charge is -2.19. The summed E-state index contributed by atoms with van der Waals surface area (Å²) < 4.78 is 0.972. The molecule has 2 aromatic carbocycles. The van der Waals surface area contributed by atoms with Gasteiger partial charge in [-0.3, -0.25) is 9.59 Å². The quantitative estimate of drug-likeness (QED) is 0.831. The average molecular weight is 401 g/mol. The Hall–Kier alpha value is -2.14. The molecule has 0 aliphatic carbocycles. The van der Waals surface area contributed by atoms with Gasteiger partial charge in [0.2, 0.25) is 11.8 Å². The molecule has 130 valence electrons. The molecule has 1 fully saturated rings. The Balaban J connectivity index is 1.74. The monoisotopic (exact) mass is 400 g/mol. The molecular weight excluding hydrogens is 380 g/mol. The van der Waals surface area contributed by atoms with Gasteiger partial charge < -0.3 is 10.2 Å². The van der Waals surface area contributed by atoms with Gasteiger partial charge in [-0.1, -0.05) is 33.6 Å². The van der Waals surface area contributed by atoms with E-state index in [9.17, 15) is 9.59 Å². The number of hydrogen-bond acceptors (Lipinski definition) is 2. The van der Waals surface area contributed by atoms with Crippen molar-refractivity contribution in [3.63, 3.8) is 0 Å². The zero-order valence-electron chi connectivity index (χ0n) is 14.6. The van der Waals surface area contributed by atoms with Crippen LogP contribution in [-0.4, -0.2) is 18.4 Å². The number of nitrogens with zero attached hydrogens (tertiary/aromatic N) is 1. The highest BCUT2D eigenvalue weighted by Gasteiger charge is 2.35. The highest BCUT2D eigenvalue weighted by Crippen LogP contribution is 2.29. The summed E-state index contributed by atoms with van der Waals surface area (Å²) >= 11 is 3.42. The summed E-state index contributed by atoms with van der Waals surface area (Å²) in [5, 5.41) is 2.96. The summed E-state index contributed by atoms with van der Waals surface area (Å²) in [4.78, 5) is 26.8. The van der Waals surface area contributed by atoms with E-state index in [1.54, 1.807) is 4.90 Å². The van der Waals surface area contributed by atoms with Gasteiger partial charge in [0.05, 0.1) is 5.92 Å². The van der Waals surface area contributed by atoms with Gasteiger partial charge in [-0.2, -0.15) is 0 Å². The van der Waals surface area contributed by atoms with Crippen LogP contribution in [0.5, 0.6) is 0 Å². The van der Waals surface area contributed by atoms with Crippen molar-refractivity contribution < 1.29 is 9.59 Å². The highest BCUT2D eigenvalue weighted by atomic mass is 79.9. The van der Waals surface area contributed by atoms with Crippen LogP contribution in [0, 0.1) is 26.7 Å². The summed E-state index contributed by atoms with van der Waals surface area (Å²) in [6.45, 7) is 6.39. The molecule has 1 heterocycles. The van der Waals surface area contributed by atoms with Crippen LogP contribution in [0.3, 0.4) is 0 Å². The predicted molar refractivity (Wildman–Crippen MR) is 104 cm³/mol. The molecule has 0 saturated carbocycles. The molecule has 1 aliphatic rings. The van der Waals surface area contributed by atoms with Crippen molar-refractivity contribution in [2.75, 3.05) is 16.8 Å². The number of aryl methyl sites for hydroxylation is 3. The topological polar surface area (TPSA) is 49.4 Å². The third kappa shape index (κ3) is 3.76. The lowest BCUT2D eigenvalue weighted by molar-refractivity contribution is -0.122. The van der Waals surface area contributed by atoms with Crippen LogP contribution in [0.1, 0.15) is 23.1 Å². The number of benzene rings is 2. The van der Waals surface area contributed by atoms with E-state index in [-0.39, 0.29) is 24.2 Å². The van der Waals surface area contributed by atoms with Gasteiger partial charge in [-0.25, -0.2) is 0 Å². The minimum absolute atomic E-state index is 0.000342. The van der Waals surface area contributed by atoms with E-state index in [0.29, 0.717) is 6.54 Å². The lowest BCUT2D eigenvalue weighted by Crippen LogP contribution is -2.28. The first-order valence-corrected chi connectivity index (χ1v) is 9.09. The molecule has 0 aromatic heterocycles. The fourth-order valence-corrected chi connectivity index (χ4v) is 3.70. The summed E-state index contributed by atoms with van der Waals surface area (Å²) in [6.07, 6.45) is 0.245. The maximum atomic E-state index is 12.6. The van der Waals surface area contributed by atoms with E-state index in [1.165, 1.54) is 0 Å². The summed E-state index contributed by atoms with van der Waals surface area (Å²) in [5.41, 5.74) is 4.88. The van der Waals surface area contributed by atoms with Crippen LogP contribution in [0.25, 0.3) is 0 Å². The Morgan fingerprint density at radius 1 is 1.12 bits per heavy atom. The molecule has 0 unspecified atom stereocenters. The molecule has 0 bridgehead atoms. The highest BCUT2D eigenvalue weighted by molar-refractivity contribution is 9.10. The first-order valence-electron chi connectivity index (χ1n) is 8.30. The standard InChI is InChI=1S/C20H21BrN2O2/c1-12-4-7-18(14(3)8-12)23-11-15(10-19(23)24)20(25)22-17-6-5-16(21)9-13(17)2/h4-9,15H,10-11H2,1-3H3,(H,22,25)/t15-/m1/s1. The summed E-state index contributed by atoms with van der Waals surface area (Å²) in [7, 11) is 0. The first-order chi connectivity index (χ1) is 11.8. The Morgan fingerprint density at radius 3 is 2.56 bits per heavy atom. The number of nitrogens with one attached hydrogen (secondary N) is 1. The number of carbonyl (C=O) groups is 2. The third-order valence-electron chi connectivity index (χ3n) is 4.59. The van der Waals surface area contributed by atoms with E-state index < -0.39 is 0 Å². The van der Waals surface area contributed by atoms with Crippen LogP contribution < -0.4 is 10.2 Å². The molecule has 0 radical (unpaired) electrons. The Kier molecular flexibility index (Phi) is 4.95. The number of hydrogen-bond donors (Lipinski definition) is 1. The molecule has 2 amide bonds. The zero-order chi connectivity index (χ0) is 18.1. The van der Waals surface area contributed by atoms with Gasteiger partial charge in [0.15, 0.2) is 0 Å². The first kappa shape index (κ1) is 17.7. The van der Waals surface area contributed by atoms with Crippen molar-refractivity contribution in [1.29, 1.82) is 0 Å². The fourth-order valence-electron chi connectivity index (χ4n) is 3.23. The minimum atomic E-state index is -0.337. The number of amides is 2. The van der Waals surface area contributed by atoms with E-state index in [1.807, 2.05) is 51.1 Å². The van der Waals surface area contributed by atoms with Crippen molar-refractivity contribution in [3.8, 4) is 0 Å². The number of halogens is 1. The van der Waals surface area contributed by atoms with E-state index in [4.69, 9.17) is 0 Å². The van der Waals surface area contributed by atoms with Gasteiger partial charge in [0.1, 0.15) is 0 Å². The van der Waals surface area contributed by atoms with E-state index >= 15 is 0 Å². The van der Waals surface area contributed by atoms with Crippen LogP contribution in [0.15, 0.2) is 40.9 Å². The lowest BCUT2D eigenvalue weighted by atomic mass is 10.1. The summed E-state index contributed by atoms with van der Waals surface area (Å²) in [6, 6.07) is 11.7. The molecular formula is C20H21BrN2O2. The average Bonchev–Trinajstić information content (AvgIpc) is 2.92. The van der Waals surface area contributed by atoms with Crippen LogP contribution in [-0.2, 0) is 9.59 Å². The van der Waals surface area contributed by atoms with Gasteiger partial charge >= 0.3 is 0 Å². The minimum Gasteiger partial charge on any atom is -0.326 e. The molecule has 1 saturated heterocycles. The van der Waals surface area contributed by atoms with Crippen molar-refractivity contribution in [2.45, 2.75) is 27.2 Å². The molecule has 3 rings (SSSR count). The Bertz CT molecular complexity index is 848. The maximum absolute atomic E-state index is 12.6. The van der Waals surface area contributed by atoms with Crippen LogP contribution in [0.4, 0.5) is 11.4 Å². The molecule has 2 aromatic rings. The van der Waals surface area contributed by atoms with Crippen molar-refractivity contribution in [1.82, 2.24) is 0 Å². The molecule has 1 N–H and O–H groups in total. The van der Waals surface area contributed by atoms with Crippen molar-refractivity contribution in [2.24, 2.45) is 5.92 Å². The van der Waals surface area contributed by atoms with Crippen molar-refractivity contribution in [3.05, 3.63) is 57.6 Å². The number of rotatable bonds is 3. The molecule has 0 spiro atoms. The second kappa shape index (κ2) is 7.00. The summed E-state index contributed by atoms with van der Waals surface area (Å²) in [5.74, 6) is -0.443. The molecule has 4 nitrogen and oxygen atoms in total. The zero-order valence-corrected chi connectivity index (χ0v) is 16.2. The molecule has 1 aliphatic heterocycles. The van der Waals surface area contributed by atoms with Crippen LogP contribution >= 0.6 is 15.9 Å². The van der Waals surface area contributed by atoms with Gasteiger partial charge in [0, 0.05) is 28.8 Å². The third-order valence-corrected chi connectivity index (χ3v) is 5.08. The van der Waals surface area contributed by atoms with Gasteiger partial charge in [-0.15, -0.1) is 0 Å². The second-order valence-corrected chi connectivity index (χ2v) is 7.56. The largest absolute Gasteiger partial charge is 0.326 e. The Labute approximate surface area is 156 Å². The molecule has 1 atom stereocenters. The second-order valence-electron chi connectivity index (χ2n) is 6.64. The van der Waals surface area contributed by atoms with Gasteiger partial charge in [-0.05, 0) is 56.2 Å². The predicted octanol–water partition coefficient (Wildman–Crippen LogP) is 4.37. The number of carbonyl (C=O) groups excluding carboxylic acids is 2. The maximum Gasteiger partial charge on any atom is 0.229 e. The fraction of sp³-hybridized carbons (Fsp3) is 0.300. The van der Waals surface area contributed by atoms with Crippen LogP contribution in [0.2, 0.25) is 0 Å². The van der Waals surface area contributed by atoms with Gasteiger partial charge in [0.25, 0.3) is 0 Å². The molecule has 25 heavy (non-hydrogen) atoms. The van der Waals surface area contributed by atoms with Crippen molar-refractivity contribution >= 4 is 39.1 Å². The Morgan fingerprint density at radius 2 is 1.88 bits per heavy atom. The van der Waals surface area contributed by atoms with E-state index in [2.05, 4.69) is 27.3 Å². The smallest absolute Gasteiger partial charge is 0.229 e. The number of anilines is 2. The normalized spacial score (nSPS) is 17.0. The SMILES string of the molecule is Cc1ccc(N2C[C@H](C(=O)Nc3ccc(Br)cc3C)CC2=O)c(C)c1. The molecule has 5 heteroatoms. The van der Waals surface area contributed by atoms with E-state index in [0.717, 1.165) is 32.5 Å².